The fourth-order valence-electron chi connectivity index (χ4n) is 4.66. The Morgan fingerprint density at radius 3 is 2.66 bits per heavy atom. The zero-order valence-corrected chi connectivity index (χ0v) is 18.8. The Balaban J connectivity index is 1.83. The van der Waals surface area contributed by atoms with Crippen LogP contribution < -0.4 is 32.1 Å². The normalized spacial score (nSPS) is 22.7. The van der Waals surface area contributed by atoms with Crippen LogP contribution in [0, 0.1) is 6.92 Å². The SMILES string of the molecule is COc1ncc(-c2cc3c(n([C@H]4CC[C@H](OCCO)CC4)c2=O)=NC(N)NC=3C)cc1C. The highest BCUT2D eigenvalue weighted by atomic mass is 16.5. The first kappa shape index (κ1) is 22.4. The lowest BCUT2D eigenvalue weighted by molar-refractivity contribution is 0.00110. The first-order chi connectivity index (χ1) is 15.4. The van der Waals surface area contributed by atoms with Crippen LogP contribution in [-0.4, -0.2) is 47.4 Å². The van der Waals surface area contributed by atoms with Gasteiger partial charge in [-0.25, -0.2) is 9.98 Å². The second-order valence-corrected chi connectivity index (χ2v) is 8.39. The van der Waals surface area contributed by atoms with Crippen molar-refractivity contribution >= 4 is 5.70 Å². The molecule has 4 rings (SSSR count). The third-order valence-electron chi connectivity index (χ3n) is 6.23. The monoisotopic (exact) mass is 441 g/mol. The van der Waals surface area contributed by atoms with Crippen LogP contribution in [0.15, 0.2) is 28.1 Å². The molecule has 9 nitrogen and oxygen atoms in total. The summed E-state index contributed by atoms with van der Waals surface area (Å²) in [6, 6.07) is 3.80. The Bertz CT molecular complexity index is 1170. The average Bonchev–Trinajstić information content (AvgIpc) is 2.78. The topological polar surface area (TPSA) is 124 Å². The zero-order valence-electron chi connectivity index (χ0n) is 18.8. The number of fused-ring (bicyclic) bond motifs is 1. The van der Waals surface area contributed by atoms with Gasteiger partial charge in [0.1, 0.15) is 5.49 Å². The number of nitrogens with zero attached hydrogens (tertiary/aromatic N) is 3. The third kappa shape index (κ3) is 4.28. The quantitative estimate of drug-likeness (QED) is 0.589. The highest BCUT2D eigenvalue weighted by Crippen LogP contribution is 2.29. The summed E-state index contributed by atoms with van der Waals surface area (Å²) in [6.45, 7) is 4.22. The lowest BCUT2D eigenvalue weighted by Gasteiger charge is -2.31. The first-order valence-electron chi connectivity index (χ1n) is 11.0. The molecule has 1 saturated carbocycles. The van der Waals surface area contributed by atoms with Crippen molar-refractivity contribution in [3.05, 3.63) is 45.0 Å². The molecule has 0 radical (unpaired) electrons. The molecule has 172 valence electrons. The molecule has 1 fully saturated rings. The molecule has 2 aromatic rings. The molecule has 32 heavy (non-hydrogen) atoms. The summed E-state index contributed by atoms with van der Waals surface area (Å²) >= 11 is 0. The van der Waals surface area contributed by atoms with Crippen molar-refractivity contribution in [2.24, 2.45) is 10.7 Å². The first-order valence-corrected chi connectivity index (χ1v) is 11.0. The van der Waals surface area contributed by atoms with E-state index in [0.717, 1.165) is 47.7 Å². The second-order valence-electron chi connectivity index (χ2n) is 8.39. The van der Waals surface area contributed by atoms with E-state index in [1.54, 1.807) is 13.3 Å². The molecule has 0 amide bonds. The van der Waals surface area contributed by atoms with Crippen LogP contribution in [0.1, 0.15) is 44.2 Å². The number of rotatable bonds is 6. The van der Waals surface area contributed by atoms with E-state index in [4.69, 9.17) is 20.3 Å². The number of aliphatic hydroxyl groups excluding tert-OH is 1. The number of nitrogens with one attached hydrogen (secondary N) is 1. The van der Waals surface area contributed by atoms with E-state index in [2.05, 4.69) is 15.3 Å². The van der Waals surface area contributed by atoms with Gasteiger partial charge in [0.15, 0.2) is 6.29 Å². The van der Waals surface area contributed by atoms with Crippen LogP contribution in [0.4, 0.5) is 0 Å². The zero-order chi connectivity index (χ0) is 22.8. The predicted octanol–water partition coefficient (Wildman–Crippen LogP) is 0.313. The summed E-state index contributed by atoms with van der Waals surface area (Å²) in [5.41, 5.74) is 9.68. The molecule has 4 N–H and O–H groups in total. The third-order valence-corrected chi connectivity index (χ3v) is 6.23. The molecular formula is C23H31N5O4. The summed E-state index contributed by atoms with van der Waals surface area (Å²) in [5, 5.41) is 13.0. The molecule has 2 aliphatic rings. The van der Waals surface area contributed by atoms with Gasteiger partial charge in [0, 0.05) is 39.8 Å². The maximum atomic E-state index is 13.8. The van der Waals surface area contributed by atoms with Crippen molar-refractivity contribution in [1.82, 2.24) is 14.9 Å². The van der Waals surface area contributed by atoms with Crippen LogP contribution in [0.5, 0.6) is 5.88 Å². The van der Waals surface area contributed by atoms with Gasteiger partial charge < -0.3 is 19.9 Å². The van der Waals surface area contributed by atoms with Gasteiger partial charge >= 0.3 is 0 Å². The maximum absolute atomic E-state index is 13.8. The molecule has 9 heteroatoms. The molecule has 3 heterocycles. The number of ether oxygens (including phenoxy) is 2. The van der Waals surface area contributed by atoms with Crippen molar-refractivity contribution < 1.29 is 14.6 Å². The Morgan fingerprint density at radius 2 is 2.00 bits per heavy atom. The van der Waals surface area contributed by atoms with Gasteiger partial charge in [-0.2, -0.15) is 0 Å². The molecule has 0 spiro atoms. The number of nitrogens with two attached hydrogens (primary N) is 1. The lowest BCUT2D eigenvalue weighted by Crippen LogP contribution is -2.54. The summed E-state index contributed by atoms with van der Waals surface area (Å²) in [4.78, 5) is 22.7. The predicted molar refractivity (Wildman–Crippen MR) is 121 cm³/mol. The van der Waals surface area contributed by atoms with Crippen molar-refractivity contribution in [1.29, 1.82) is 0 Å². The van der Waals surface area contributed by atoms with Crippen LogP contribution >= 0.6 is 0 Å². The number of pyridine rings is 2. The molecule has 0 bridgehead atoms. The minimum absolute atomic E-state index is 0.000619. The van der Waals surface area contributed by atoms with Crippen molar-refractivity contribution in [2.45, 2.75) is 58.0 Å². The Hall–Kier alpha value is -2.75. The van der Waals surface area contributed by atoms with E-state index in [1.807, 2.05) is 30.5 Å². The number of aryl methyl sites for hydroxylation is 1. The number of aromatic nitrogens is 2. The molecule has 0 aromatic carbocycles. The number of aliphatic hydroxyl groups is 1. The van der Waals surface area contributed by atoms with Crippen LogP contribution in [0.25, 0.3) is 16.8 Å². The summed E-state index contributed by atoms with van der Waals surface area (Å²) in [7, 11) is 1.58. The van der Waals surface area contributed by atoms with Gasteiger partial charge in [0.25, 0.3) is 5.56 Å². The van der Waals surface area contributed by atoms with E-state index >= 15 is 0 Å². The van der Waals surface area contributed by atoms with E-state index in [0.29, 0.717) is 23.5 Å². The van der Waals surface area contributed by atoms with Gasteiger partial charge in [0.2, 0.25) is 5.88 Å². The standard InChI is InChI=1S/C23H31N5O4/c1-13-10-15(12-25-21(13)31-3)19-11-18-14(2)26-23(24)27-20(18)28(22(19)30)16-4-6-17(7-5-16)32-9-8-29/h10-12,16-17,23,26,29H,4-9,24H2,1-3H3/t16-,17-,23?. The largest absolute Gasteiger partial charge is 0.481 e. The Morgan fingerprint density at radius 1 is 1.25 bits per heavy atom. The summed E-state index contributed by atoms with van der Waals surface area (Å²) in [5.74, 6) is 0.540. The van der Waals surface area contributed by atoms with Crippen molar-refractivity contribution in [3.63, 3.8) is 0 Å². The van der Waals surface area contributed by atoms with Gasteiger partial charge in [0.05, 0.1) is 26.4 Å². The molecule has 1 atom stereocenters. The fourth-order valence-corrected chi connectivity index (χ4v) is 4.66. The average molecular weight is 442 g/mol. The van der Waals surface area contributed by atoms with Crippen LogP contribution in [-0.2, 0) is 4.74 Å². The maximum Gasteiger partial charge on any atom is 0.260 e. The molecule has 1 aliphatic heterocycles. The highest BCUT2D eigenvalue weighted by molar-refractivity contribution is 5.64. The minimum atomic E-state index is -0.590. The molecule has 0 saturated heterocycles. The summed E-state index contributed by atoms with van der Waals surface area (Å²) < 4.78 is 12.8. The van der Waals surface area contributed by atoms with Gasteiger partial charge in [-0.1, -0.05) is 0 Å². The van der Waals surface area contributed by atoms with Gasteiger partial charge in [-0.15, -0.1) is 0 Å². The number of hydrogen-bond donors (Lipinski definition) is 3. The summed E-state index contributed by atoms with van der Waals surface area (Å²) in [6.07, 6.45) is 4.43. The van der Waals surface area contributed by atoms with E-state index in [-0.39, 0.29) is 24.3 Å². The highest BCUT2D eigenvalue weighted by Gasteiger charge is 2.27. The molecule has 2 aromatic heterocycles. The molecular weight excluding hydrogens is 410 g/mol. The minimum Gasteiger partial charge on any atom is -0.481 e. The molecule has 1 aliphatic carbocycles. The van der Waals surface area contributed by atoms with E-state index in [1.165, 1.54) is 0 Å². The van der Waals surface area contributed by atoms with E-state index in [9.17, 15) is 4.79 Å². The second kappa shape index (κ2) is 9.40. The van der Waals surface area contributed by atoms with Crippen molar-refractivity contribution in [2.75, 3.05) is 20.3 Å². The number of methoxy groups -OCH3 is 1. The van der Waals surface area contributed by atoms with Crippen molar-refractivity contribution in [3.8, 4) is 17.0 Å². The van der Waals surface area contributed by atoms with Gasteiger partial charge in [-0.3, -0.25) is 15.1 Å². The van der Waals surface area contributed by atoms with E-state index < -0.39 is 6.29 Å². The molecule has 1 unspecified atom stereocenters. The number of hydrogen-bond acceptors (Lipinski definition) is 8. The fraction of sp³-hybridized carbons (Fsp3) is 0.522. The van der Waals surface area contributed by atoms with Crippen LogP contribution in [0.3, 0.4) is 0 Å². The van der Waals surface area contributed by atoms with Crippen LogP contribution in [0.2, 0.25) is 0 Å². The lowest BCUT2D eigenvalue weighted by atomic mass is 9.92. The Labute approximate surface area is 186 Å². The Kier molecular flexibility index (Phi) is 6.59. The smallest absolute Gasteiger partial charge is 0.260 e. The van der Waals surface area contributed by atoms with Gasteiger partial charge in [-0.05, 0) is 51.7 Å².